The van der Waals surface area contributed by atoms with E-state index in [-0.39, 0.29) is 12.8 Å². The van der Waals surface area contributed by atoms with Crippen LogP contribution in [0.5, 0.6) is 0 Å². The maximum absolute atomic E-state index is 12.7. The second kappa shape index (κ2) is 3.71. The summed E-state index contributed by atoms with van der Waals surface area (Å²) in [7, 11) is 0. The smallest absolute Gasteiger partial charge is 0.207 e. The van der Waals surface area contributed by atoms with Crippen LogP contribution in [0.4, 0.5) is 8.78 Å². The fourth-order valence-corrected chi connectivity index (χ4v) is 1.86. The van der Waals surface area contributed by atoms with Crippen LogP contribution in [0.25, 0.3) is 0 Å². The molecule has 1 aliphatic rings. The van der Waals surface area contributed by atoms with Crippen molar-refractivity contribution < 1.29 is 8.78 Å². The summed E-state index contributed by atoms with van der Waals surface area (Å²) in [5, 5.41) is 0. The highest BCUT2D eigenvalue weighted by Crippen LogP contribution is 2.41. The van der Waals surface area contributed by atoms with Gasteiger partial charge >= 0.3 is 0 Å². The van der Waals surface area contributed by atoms with Crippen LogP contribution in [0.3, 0.4) is 0 Å². The largest absolute Gasteiger partial charge is 0.248 e. The molecular weight excluding hydrogens is 158 g/mol. The summed E-state index contributed by atoms with van der Waals surface area (Å²) in [6, 6.07) is 0. The molecular formula is C10H18F2. The van der Waals surface area contributed by atoms with Crippen LogP contribution in [0.2, 0.25) is 0 Å². The minimum atomic E-state index is -2.35. The zero-order chi connectivity index (χ0) is 9.19. The van der Waals surface area contributed by atoms with Crippen LogP contribution in [-0.4, -0.2) is 5.92 Å². The molecule has 1 aliphatic carbocycles. The van der Waals surface area contributed by atoms with Crippen molar-refractivity contribution in [2.75, 3.05) is 0 Å². The van der Waals surface area contributed by atoms with Crippen molar-refractivity contribution in [1.82, 2.24) is 0 Å². The second-order valence-corrected chi connectivity index (χ2v) is 4.44. The summed E-state index contributed by atoms with van der Waals surface area (Å²) in [6.07, 6.45) is 3.09. The zero-order valence-corrected chi connectivity index (χ0v) is 7.95. The monoisotopic (exact) mass is 176 g/mol. The third-order valence-electron chi connectivity index (χ3n) is 2.66. The average molecular weight is 176 g/mol. The van der Waals surface area contributed by atoms with Crippen LogP contribution in [0.15, 0.2) is 0 Å². The van der Waals surface area contributed by atoms with Crippen molar-refractivity contribution in [2.24, 2.45) is 11.8 Å². The molecule has 0 nitrogen and oxygen atoms in total. The fraction of sp³-hybridized carbons (Fsp3) is 1.00. The highest BCUT2D eigenvalue weighted by Gasteiger charge is 2.38. The van der Waals surface area contributed by atoms with Crippen molar-refractivity contribution in [3.05, 3.63) is 0 Å². The first-order valence-electron chi connectivity index (χ1n) is 4.87. The maximum Gasteiger partial charge on any atom is 0.248 e. The van der Waals surface area contributed by atoms with Crippen molar-refractivity contribution in [2.45, 2.75) is 51.9 Å². The van der Waals surface area contributed by atoms with E-state index in [9.17, 15) is 8.78 Å². The predicted molar refractivity (Wildman–Crippen MR) is 46.4 cm³/mol. The molecule has 0 heterocycles. The SMILES string of the molecule is CC(C)CCC1CCC(F)(F)C1. The summed E-state index contributed by atoms with van der Waals surface area (Å²) >= 11 is 0. The number of halogens is 2. The van der Waals surface area contributed by atoms with E-state index in [1.54, 1.807) is 0 Å². The third-order valence-corrected chi connectivity index (χ3v) is 2.66. The fourth-order valence-electron chi connectivity index (χ4n) is 1.86. The molecule has 1 atom stereocenters. The Labute approximate surface area is 73.3 Å². The highest BCUT2D eigenvalue weighted by atomic mass is 19.3. The lowest BCUT2D eigenvalue weighted by molar-refractivity contribution is 0.00451. The van der Waals surface area contributed by atoms with Gasteiger partial charge in [0.2, 0.25) is 5.92 Å². The summed E-state index contributed by atoms with van der Waals surface area (Å²) in [6.45, 7) is 4.29. The molecule has 1 saturated carbocycles. The summed E-state index contributed by atoms with van der Waals surface area (Å²) in [4.78, 5) is 0. The van der Waals surface area contributed by atoms with E-state index in [0.717, 1.165) is 19.3 Å². The zero-order valence-electron chi connectivity index (χ0n) is 7.95. The van der Waals surface area contributed by atoms with E-state index in [2.05, 4.69) is 13.8 Å². The van der Waals surface area contributed by atoms with E-state index < -0.39 is 5.92 Å². The normalized spacial score (nSPS) is 28.2. The number of rotatable bonds is 3. The molecule has 0 aromatic carbocycles. The van der Waals surface area contributed by atoms with Gasteiger partial charge in [0.05, 0.1) is 0 Å². The van der Waals surface area contributed by atoms with Gasteiger partial charge in [0, 0.05) is 12.8 Å². The van der Waals surface area contributed by atoms with Gasteiger partial charge in [-0.05, 0) is 24.7 Å². The molecule has 12 heavy (non-hydrogen) atoms. The predicted octanol–water partition coefficient (Wildman–Crippen LogP) is 3.86. The van der Waals surface area contributed by atoms with Crippen LogP contribution in [0, 0.1) is 11.8 Å². The quantitative estimate of drug-likeness (QED) is 0.612. The Morgan fingerprint density at radius 3 is 2.50 bits per heavy atom. The molecule has 0 amide bonds. The number of hydrogen-bond donors (Lipinski definition) is 0. The highest BCUT2D eigenvalue weighted by molar-refractivity contribution is 4.81. The Morgan fingerprint density at radius 1 is 1.42 bits per heavy atom. The van der Waals surface area contributed by atoms with Crippen molar-refractivity contribution >= 4 is 0 Å². The van der Waals surface area contributed by atoms with Crippen molar-refractivity contribution in [3.63, 3.8) is 0 Å². The summed E-state index contributed by atoms with van der Waals surface area (Å²) < 4.78 is 25.4. The van der Waals surface area contributed by atoms with Crippen LogP contribution in [-0.2, 0) is 0 Å². The third kappa shape index (κ3) is 3.08. The molecule has 0 saturated heterocycles. The lowest BCUT2D eigenvalue weighted by atomic mass is 9.97. The molecule has 0 N–H and O–H groups in total. The molecule has 2 heteroatoms. The van der Waals surface area contributed by atoms with E-state index in [4.69, 9.17) is 0 Å². The van der Waals surface area contributed by atoms with Crippen LogP contribution < -0.4 is 0 Å². The van der Waals surface area contributed by atoms with Gasteiger partial charge in [-0.25, -0.2) is 8.78 Å². The Bertz CT molecular complexity index is 141. The van der Waals surface area contributed by atoms with Crippen LogP contribution in [0.1, 0.15) is 46.0 Å². The van der Waals surface area contributed by atoms with Crippen molar-refractivity contribution in [3.8, 4) is 0 Å². The molecule has 0 spiro atoms. The maximum atomic E-state index is 12.7. The first kappa shape index (κ1) is 9.94. The van der Waals surface area contributed by atoms with Gasteiger partial charge < -0.3 is 0 Å². The molecule has 72 valence electrons. The first-order chi connectivity index (χ1) is 5.49. The van der Waals surface area contributed by atoms with E-state index in [1.165, 1.54) is 0 Å². The van der Waals surface area contributed by atoms with Gasteiger partial charge in [-0.15, -0.1) is 0 Å². The number of alkyl halides is 2. The lowest BCUT2D eigenvalue weighted by Gasteiger charge is -2.11. The van der Waals surface area contributed by atoms with Gasteiger partial charge in [-0.3, -0.25) is 0 Å². The minimum absolute atomic E-state index is 0.121. The van der Waals surface area contributed by atoms with Gasteiger partial charge in [0.1, 0.15) is 0 Å². The Hall–Kier alpha value is -0.140. The van der Waals surface area contributed by atoms with E-state index in [0.29, 0.717) is 11.8 Å². The molecule has 1 unspecified atom stereocenters. The summed E-state index contributed by atoms with van der Waals surface area (Å²) in [5.41, 5.74) is 0. The van der Waals surface area contributed by atoms with E-state index >= 15 is 0 Å². The molecule has 0 aromatic rings. The Morgan fingerprint density at radius 2 is 2.08 bits per heavy atom. The standard InChI is InChI=1S/C10H18F2/c1-8(2)3-4-9-5-6-10(11,12)7-9/h8-9H,3-7H2,1-2H3. The average Bonchev–Trinajstić information content (AvgIpc) is 2.26. The van der Waals surface area contributed by atoms with Crippen LogP contribution >= 0.6 is 0 Å². The molecule has 0 radical (unpaired) electrons. The van der Waals surface area contributed by atoms with Crippen molar-refractivity contribution in [1.29, 1.82) is 0 Å². The minimum Gasteiger partial charge on any atom is -0.207 e. The molecule has 0 aromatic heterocycles. The van der Waals surface area contributed by atoms with Gasteiger partial charge in [0.25, 0.3) is 0 Å². The molecule has 0 bridgehead atoms. The molecule has 0 aliphatic heterocycles. The van der Waals surface area contributed by atoms with Gasteiger partial charge in [0.15, 0.2) is 0 Å². The Kier molecular flexibility index (Phi) is 3.08. The summed E-state index contributed by atoms with van der Waals surface area (Å²) in [5.74, 6) is -1.40. The van der Waals surface area contributed by atoms with E-state index in [1.807, 2.05) is 0 Å². The lowest BCUT2D eigenvalue weighted by Crippen LogP contribution is -2.09. The second-order valence-electron chi connectivity index (χ2n) is 4.44. The first-order valence-corrected chi connectivity index (χ1v) is 4.87. The number of hydrogen-bond acceptors (Lipinski definition) is 0. The van der Waals surface area contributed by atoms with Gasteiger partial charge in [-0.1, -0.05) is 20.3 Å². The Balaban J connectivity index is 2.20. The molecule has 1 fully saturated rings. The molecule has 1 rings (SSSR count). The van der Waals surface area contributed by atoms with Gasteiger partial charge in [-0.2, -0.15) is 0 Å². The topological polar surface area (TPSA) is 0 Å².